The topological polar surface area (TPSA) is 104 Å². The van der Waals surface area contributed by atoms with Crippen LogP contribution in [-0.4, -0.2) is 0 Å². The fourth-order valence-corrected chi connectivity index (χ4v) is 4.94. The van der Waals surface area contributed by atoms with Gasteiger partial charge in [0.25, 0.3) is 0 Å². The molecule has 0 spiro atoms. The summed E-state index contributed by atoms with van der Waals surface area (Å²) in [4.78, 5) is 0. The van der Waals surface area contributed by atoms with Gasteiger partial charge in [0.05, 0.1) is 22.3 Å². The largest absolute Gasteiger partial charge is 0.364 e. The number of hydrogen-bond acceptors (Lipinski definition) is 4. The molecule has 166 valence electrons. The van der Waals surface area contributed by atoms with Crippen LogP contribution in [0.2, 0.25) is 0 Å². The van der Waals surface area contributed by atoms with E-state index in [1.807, 2.05) is 0 Å². The third kappa shape index (κ3) is 4.42. The smallest absolute Gasteiger partial charge is 0.222 e. The summed E-state index contributed by atoms with van der Waals surface area (Å²) in [6.45, 7) is 0. The lowest BCUT2D eigenvalue weighted by Crippen LogP contribution is -2.68. The summed E-state index contributed by atoms with van der Waals surface area (Å²) in [5.41, 5.74) is 10.8. The second kappa shape index (κ2) is 8.71. The lowest BCUT2D eigenvalue weighted by atomic mass is 9.79. The van der Waals surface area contributed by atoms with Crippen LogP contribution in [0.3, 0.4) is 0 Å². The van der Waals surface area contributed by atoms with E-state index in [1.54, 1.807) is 0 Å². The molecule has 0 saturated carbocycles. The van der Waals surface area contributed by atoms with E-state index < -0.39 is 10.2 Å². The molecule has 0 radical (unpaired) electrons. The fraction of sp³-hybridized carbons (Fsp3) is 0.148. The Morgan fingerprint density at radius 2 is 0.970 bits per heavy atom. The number of rotatable bonds is 1. The maximum Gasteiger partial charge on any atom is 0.364 e. The van der Waals surface area contributed by atoms with E-state index in [-0.39, 0.29) is 0 Å². The molecule has 0 fully saturated rings. The van der Waals surface area contributed by atoms with Gasteiger partial charge in [-0.2, -0.15) is 0 Å². The van der Waals surface area contributed by atoms with Gasteiger partial charge in [-0.1, -0.05) is 66.7 Å². The quantitative estimate of drug-likeness (QED) is 0.404. The molecule has 1 aromatic heterocycles. The number of fused-ring (bicyclic) bond motifs is 6. The standard InChI is InChI=1S/C27H21O.ClHO4/c1-2-10-20(11-3-1)25-23-16-14-18-8-4-6-12-21(18)26(23)28-27-22-13-7-5-9-19(22)15-17-24(25)27;2-1(3,4)5/h1-13H,14-17H2;(H,2,3,4,5)/q+1;/p-1. The van der Waals surface area contributed by atoms with Gasteiger partial charge in [-0.15, -0.1) is 10.2 Å². The highest BCUT2D eigenvalue weighted by atomic mass is 35.7. The van der Waals surface area contributed by atoms with Crippen molar-refractivity contribution in [3.8, 4) is 33.8 Å². The predicted octanol–water partition coefficient (Wildman–Crippen LogP) is 2.00. The molecule has 0 bridgehead atoms. The first-order chi connectivity index (χ1) is 15.9. The Morgan fingerprint density at radius 1 is 0.545 bits per heavy atom. The van der Waals surface area contributed by atoms with Crippen LogP contribution >= 0.6 is 0 Å². The third-order valence-corrected chi connectivity index (χ3v) is 6.23. The molecule has 3 aromatic carbocycles. The van der Waals surface area contributed by atoms with E-state index in [4.69, 9.17) is 23.1 Å². The van der Waals surface area contributed by atoms with Crippen LogP contribution in [0.1, 0.15) is 22.3 Å². The first-order valence-electron chi connectivity index (χ1n) is 10.8. The van der Waals surface area contributed by atoms with Crippen molar-refractivity contribution >= 4 is 0 Å². The summed E-state index contributed by atoms with van der Waals surface area (Å²) in [5, 5.41) is 0. The van der Waals surface area contributed by atoms with Crippen LogP contribution in [0, 0.1) is 10.2 Å². The summed E-state index contributed by atoms with van der Waals surface area (Å²) < 4.78 is 40.7. The van der Waals surface area contributed by atoms with Gasteiger partial charge in [0, 0.05) is 5.56 Å². The Morgan fingerprint density at radius 3 is 1.45 bits per heavy atom. The summed E-state index contributed by atoms with van der Waals surface area (Å²) in [6, 6.07) is 28.3. The Labute approximate surface area is 193 Å². The summed E-state index contributed by atoms with van der Waals surface area (Å²) in [5.74, 6) is 2.13. The van der Waals surface area contributed by atoms with E-state index in [2.05, 4.69) is 78.9 Å². The summed E-state index contributed by atoms with van der Waals surface area (Å²) >= 11 is 0. The zero-order chi connectivity index (χ0) is 23.0. The lowest BCUT2D eigenvalue weighted by Gasteiger charge is -2.22. The Hall–Kier alpha value is -3.06. The van der Waals surface area contributed by atoms with Crippen molar-refractivity contribution in [2.24, 2.45) is 0 Å². The molecule has 0 saturated heterocycles. The van der Waals surface area contributed by atoms with Crippen LogP contribution in [-0.2, 0) is 25.7 Å². The molecule has 1 heterocycles. The van der Waals surface area contributed by atoms with Gasteiger partial charge in [0.1, 0.15) is 0 Å². The molecule has 6 heteroatoms. The van der Waals surface area contributed by atoms with Gasteiger partial charge < -0.3 is 0 Å². The van der Waals surface area contributed by atoms with Crippen LogP contribution in [0.15, 0.2) is 83.3 Å². The van der Waals surface area contributed by atoms with Crippen molar-refractivity contribution in [2.75, 3.05) is 0 Å². The van der Waals surface area contributed by atoms with Crippen LogP contribution in [0.4, 0.5) is 0 Å². The molecule has 2 aliphatic rings. The minimum atomic E-state index is -4.94. The monoisotopic (exact) mass is 460 g/mol. The van der Waals surface area contributed by atoms with E-state index >= 15 is 0 Å². The van der Waals surface area contributed by atoms with Gasteiger partial charge in [0.2, 0.25) is 0 Å². The number of aryl methyl sites for hydroxylation is 2. The van der Waals surface area contributed by atoms with Crippen molar-refractivity contribution in [3.05, 3.63) is 101 Å². The average molecular weight is 461 g/mol. The Balaban J connectivity index is 0.000000416. The van der Waals surface area contributed by atoms with Crippen LogP contribution < -0.4 is 18.6 Å². The summed E-state index contributed by atoms with van der Waals surface area (Å²) in [6.07, 6.45) is 4.23. The SMILES string of the molecule is [O-][Cl+3]([O-])([O-])[O-].c1ccc(-c2c3c([o+]c4c2CCc2ccccc2-4)-c2ccccc2CC3)cc1. The Bertz CT molecular complexity index is 1230. The van der Waals surface area contributed by atoms with Gasteiger partial charge in [-0.3, -0.25) is 0 Å². The molecule has 5 nitrogen and oxygen atoms in total. The van der Waals surface area contributed by atoms with Gasteiger partial charge in [0.15, 0.2) is 0 Å². The second-order valence-electron chi connectivity index (χ2n) is 8.15. The molecule has 0 aliphatic heterocycles. The van der Waals surface area contributed by atoms with E-state index in [0.717, 1.165) is 37.2 Å². The summed E-state index contributed by atoms with van der Waals surface area (Å²) in [7, 11) is -4.94. The Kier molecular flexibility index (Phi) is 5.74. The van der Waals surface area contributed by atoms with Crippen molar-refractivity contribution in [1.29, 1.82) is 0 Å². The van der Waals surface area contributed by atoms with E-state index in [1.165, 1.54) is 44.5 Å². The molecule has 0 N–H and O–H groups in total. The third-order valence-electron chi connectivity index (χ3n) is 6.23. The first-order valence-corrected chi connectivity index (χ1v) is 12.0. The first kappa shape index (κ1) is 21.8. The van der Waals surface area contributed by atoms with Crippen molar-refractivity contribution in [3.63, 3.8) is 0 Å². The number of hydrogen-bond donors (Lipinski definition) is 0. The number of benzene rings is 3. The zero-order valence-corrected chi connectivity index (χ0v) is 18.5. The second-order valence-corrected chi connectivity index (χ2v) is 8.91. The van der Waals surface area contributed by atoms with E-state index in [0.29, 0.717) is 0 Å². The van der Waals surface area contributed by atoms with Gasteiger partial charge in [-0.25, -0.2) is 23.1 Å². The minimum absolute atomic E-state index is 1.04. The maximum absolute atomic E-state index is 8.49. The normalized spacial score (nSPS) is 13.6. The van der Waals surface area contributed by atoms with Gasteiger partial charge >= 0.3 is 11.5 Å². The van der Waals surface area contributed by atoms with Crippen molar-refractivity contribution in [2.45, 2.75) is 25.7 Å². The molecular weight excluding hydrogens is 440 g/mol. The highest BCUT2D eigenvalue weighted by molar-refractivity contribution is 5.86. The lowest BCUT2D eigenvalue weighted by molar-refractivity contribution is -2.00. The maximum atomic E-state index is 8.49. The average Bonchev–Trinajstić information content (AvgIpc) is 2.82. The molecule has 33 heavy (non-hydrogen) atoms. The van der Waals surface area contributed by atoms with E-state index in [9.17, 15) is 0 Å². The van der Waals surface area contributed by atoms with Crippen molar-refractivity contribution in [1.82, 2.24) is 0 Å². The molecule has 2 aliphatic carbocycles. The minimum Gasteiger partial charge on any atom is -0.222 e. The molecule has 0 unspecified atom stereocenters. The van der Waals surface area contributed by atoms with Crippen LogP contribution in [0.5, 0.6) is 0 Å². The highest BCUT2D eigenvalue weighted by Gasteiger charge is 2.37. The zero-order valence-electron chi connectivity index (χ0n) is 17.8. The number of halogens is 1. The van der Waals surface area contributed by atoms with Crippen LogP contribution in [0.25, 0.3) is 33.8 Å². The fourth-order valence-electron chi connectivity index (χ4n) is 4.94. The van der Waals surface area contributed by atoms with Gasteiger partial charge in [-0.05, 0) is 54.5 Å². The highest BCUT2D eigenvalue weighted by Crippen LogP contribution is 2.47. The molecule has 0 atom stereocenters. The molecule has 6 rings (SSSR count). The molecule has 0 amide bonds. The molecular formula is C27H21ClO5. The predicted molar refractivity (Wildman–Crippen MR) is 114 cm³/mol. The molecule has 4 aromatic rings. The van der Waals surface area contributed by atoms with Crippen molar-refractivity contribution < 1.29 is 33.3 Å².